The first-order chi connectivity index (χ1) is 8.16. The van der Waals surface area contributed by atoms with Gasteiger partial charge in [-0.25, -0.2) is 0 Å². The molecule has 94 valence electrons. The third-order valence-corrected chi connectivity index (χ3v) is 2.48. The first-order valence-corrected chi connectivity index (χ1v) is 5.39. The Balaban J connectivity index is 0.00000162. The topological polar surface area (TPSA) is 55.1 Å². The molecule has 1 amide bonds. The number of aryl methyl sites for hydroxylation is 1. The average Bonchev–Trinajstić information content (AvgIpc) is 2.29. The highest BCUT2D eigenvalue weighted by Gasteiger charge is 2.08. The number of benzene rings is 2. The molecule has 18 heavy (non-hydrogen) atoms. The smallest absolute Gasteiger partial charge is 0.257 e. The minimum Gasteiger partial charge on any atom is -1.00 e. The van der Waals surface area contributed by atoms with E-state index in [1.165, 1.54) is 0 Å². The molecule has 3 nitrogen and oxygen atoms in total. The summed E-state index contributed by atoms with van der Waals surface area (Å²) in [7, 11) is 0. The number of para-hydroxylation sites is 1. The van der Waals surface area contributed by atoms with Crippen molar-refractivity contribution in [1.29, 1.82) is 0 Å². The fourth-order valence-electron chi connectivity index (χ4n) is 1.63. The molecule has 0 aliphatic rings. The van der Waals surface area contributed by atoms with E-state index in [4.69, 9.17) is 5.73 Å². The maximum atomic E-state index is 12.0. The summed E-state index contributed by atoms with van der Waals surface area (Å²) in [6.45, 7) is 1.98. The molecule has 0 radical (unpaired) electrons. The predicted octanol–water partition coefficient (Wildman–Crippen LogP) is -0.166. The lowest BCUT2D eigenvalue weighted by molar-refractivity contribution is -0.0000112. The van der Waals surface area contributed by atoms with E-state index in [1.807, 2.05) is 31.2 Å². The van der Waals surface area contributed by atoms with Crippen LogP contribution in [0.5, 0.6) is 0 Å². The highest BCUT2D eigenvalue weighted by Crippen LogP contribution is 2.15. The largest absolute Gasteiger partial charge is 1.00 e. The average molecular weight is 262 g/mol. The Bertz CT molecular complexity index is 555. The normalized spacial score (nSPS) is 9.39. The molecule has 0 unspecified atom stereocenters. The molecule has 0 atom stereocenters. The lowest BCUT2D eigenvalue weighted by Gasteiger charge is -2.07. The Kier molecular flexibility index (Phi) is 4.75. The van der Waals surface area contributed by atoms with E-state index in [-0.39, 0.29) is 18.3 Å². The van der Waals surface area contributed by atoms with Crippen LogP contribution in [-0.2, 0) is 0 Å². The van der Waals surface area contributed by atoms with Gasteiger partial charge in [0.25, 0.3) is 5.91 Å². The monoisotopic (exact) mass is 261 g/mol. The quantitative estimate of drug-likeness (QED) is 0.738. The standard InChI is InChI=1S/C14H14N2O.ClH/c1-10-5-4-6-11(9-10)16-14(17)12-7-2-3-8-13(12)15;/h2-9H,15H2,1H3,(H,16,17);1H/p-1. The van der Waals surface area contributed by atoms with Gasteiger partial charge in [-0.2, -0.15) is 0 Å². The fourth-order valence-corrected chi connectivity index (χ4v) is 1.63. The van der Waals surface area contributed by atoms with Gasteiger partial charge in [-0.05, 0) is 36.8 Å². The molecule has 2 rings (SSSR count). The van der Waals surface area contributed by atoms with Gasteiger partial charge in [-0.3, -0.25) is 4.79 Å². The highest BCUT2D eigenvalue weighted by molar-refractivity contribution is 6.07. The van der Waals surface area contributed by atoms with Crippen molar-refractivity contribution in [2.24, 2.45) is 0 Å². The van der Waals surface area contributed by atoms with E-state index >= 15 is 0 Å². The van der Waals surface area contributed by atoms with E-state index in [2.05, 4.69) is 5.32 Å². The molecule has 2 aromatic rings. The van der Waals surface area contributed by atoms with Gasteiger partial charge >= 0.3 is 0 Å². The molecule has 0 fully saturated rings. The fraction of sp³-hybridized carbons (Fsp3) is 0.0714. The van der Waals surface area contributed by atoms with Crippen molar-refractivity contribution in [3.05, 3.63) is 59.7 Å². The van der Waals surface area contributed by atoms with Gasteiger partial charge in [0.1, 0.15) is 0 Å². The van der Waals surface area contributed by atoms with Crippen LogP contribution in [-0.4, -0.2) is 5.91 Å². The Morgan fingerprint density at radius 2 is 1.83 bits per heavy atom. The lowest BCUT2D eigenvalue weighted by Crippen LogP contribution is -3.00. The van der Waals surface area contributed by atoms with Crippen LogP contribution in [0.3, 0.4) is 0 Å². The van der Waals surface area contributed by atoms with Crippen LogP contribution in [0.25, 0.3) is 0 Å². The van der Waals surface area contributed by atoms with Crippen LogP contribution >= 0.6 is 0 Å². The van der Waals surface area contributed by atoms with Crippen LogP contribution in [0, 0.1) is 6.92 Å². The number of carbonyl (C=O) groups excluding carboxylic acids is 1. The second-order valence-electron chi connectivity index (χ2n) is 3.91. The van der Waals surface area contributed by atoms with Crippen molar-refractivity contribution >= 4 is 17.3 Å². The highest BCUT2D eigenvalue weighted by atomic mass is 35.5. The van der Waals surface area contributed by atoms with Crippen LogP contribution < -0.4 is 23.5 Å². The van der Waals surface area contributed by atoms with Crippen molar-refractivity contribution in [3.63, 3.8) is 0 Å². The summed E-state index contributed by atoms with van der Waals surface area (Å²) in [5.41, 5.74) is 8.60. The summed E-state index contributed by atoms with van der Waals surface area (Å²) in [6, 6.07) is 14.7. The number of rotatable bonds is 2. The van der Waals surface area contributed by atoms with E-state index in [0.29, 0.717) is 11.3 Å². The minimum absolute atomic E-state index is 0. The summed E-state index contributed by atoms with van der Waals surface area (Å²) in [4.78, 5) is 12.0. The molecule has 4 heteroatoms. The molecule has 0 saturated heterocycles. The van der Waals surface area contributed by atoms with Gasteiger partial charge in [0, 0.05) is 11.4 Å². The van der Waals surface area contributed by atoms with Crippen LogP contribution in [0.2, 0.25) is 0 Å². The van der Waals surface area contributed by atoms with Gasteiger partial charge < -0.3 is 23.5 Å². The molecule has 0 aliphatic carbocycles. The minimum atomic E-state index is -0.186. The van der Waals surface area contributed by atoms with E-state index < -0.39 is 0 Å². The van der Waals surface area contributed by atoms with Crippen molar-refractivity contribution in [2.75, 3.05) is 11.1 Å². The van der Waals surface area contributed by atoms with Crippen molar-refractivity contribution in [2.45, 2.75) is 6.92 Å². The Morgan fingerprint density at radius 1 is 1.11 bits per heavy atom. The van der Waals surface area contributed by atoms with Gasteiger partial charge in [0.2, 0.25) is 0 Å². The molecule has 0 heterocycles. The summed E-state index contributed by atoms with van der Waals surface area (Å²) >= 11 is 0. The molecule has 0 aromatic heterocycles. The lowest BCUT2D eigenvalue weighted by atomic mass is 10.1. The number of anilines is 2. The number of amides is 1. The Morgan fingerprint density at radius 3 is 2.50 bits per heavy atom. The summed E-state index contributed by atoms with van der Waals surface area (Å²) in [5.74, 6) is -0.186. The van der Waals surface area contributed by atoms with Crippen molar-refractivity contribution < 1.29 is 17.2 Å². The van der Waals surface area contributed by atoms with Crippen LogP contribution in [0.1, 0.15) is 15.9 Å². The van der Waals surface area contributed by atoms with Crippen LogP contribution in [0.15, 0.2) is 48.5 Å². The number of nitrogens with one attached hydrogen (secondary N) is 1. The molecular weight excluding hydrogens is 248 g/mol. The number of hydrogen-bond acceptors (Lipinski definition) is 2. The van der Waals surface area contributed by atoms with Gasteiger partial charge in [0.15, 0.2) is 0 Å². The molecule has 0 saturated carbocycles. The molecule has 3 N–H and O–H groups in total. The van der Waals surface area contributed by atoms with Gasteiger partial charge in [0.05, 0.1) is 5.56 Å². The van der Waals surface area contributed by atoms with Gasteiger partial charge in [-0.1, -0.05) is 24.3 Å². The molecular formula is C14H14ClN2O-. The summed E-state index contributed by atoms with van der Waals surface area (Å²) in [6.07, 6.45) is 0. The zero-order valence-electron chi connectivity index (χ0n) is 9.98. The first-order valence-electron chi connectivity index (χ1n) is 5.39. The van der Waals surface area contributed by atoms with Gasteiger partial charge in [-0.15, -0.1) is 0 Å². The number of carbonyl (C=O) groups is 1. The maximum Gasteiger partial charge on any atom is 0.257 e. The first kappa shape index (κ1) is 14.1. The molecule has 0 bridgehead atoms. The number of nitrogen functional groups attached to an aromatic ring is 1. The van der Waals surface area contributed by atoms with Crippen molar-refractivity contribution in [3.8, 4) is 0 Å². The van der Waals surface area contributed by atoms with E-state index in [0.717, 1.165) is 11.3 Å². The van der Waals surface area contributed by atoms with E-state index in [1.54, 1.807) is 24.3 Å². The zero-order valence-corrected chi connectivity index (χ0v) is 10.7. The Labute approximate surface area is 112 Å². The SMILES string of the molecule is Cc1cccc(NC(=O)c2ccccc2N)c1.[Cl-]. The Hall–Kier alpha value is -2.00. The number of halogens is 1. The number of nitrogens with two attached hydrogens (primary N) is 1. The third-order valence-electron chi connectivity index (χ3n) is 2.48. The second kappa shape index (κ2) is 6.07. The van der Waals surface area contributed by atoms with Crippen LogP contribution in [0.4, 0.5) is 11.4 Å². The summed E-state index contributed by atoms with van der Waals surface area (Å²) < 4.78 is 0. The number of hydrogen-bond donors (Lipinski definition) is 2. The third kappa shape index (κ3) is 3.25. The second-order valence-corrected chi connectivity index (χ2v) is 3.91. The summed E-state index contributed by atoms with van der Waals surface area (Å²) in [5, 5.41) is 2.82. The maximum absolute atomic E-state index is 12.0. The zero-order chi connectivity index (χ0) is 12.3. The van der Waals surface area contributed by atoms with Crippen molar-refractivity contribution in [1.82, 2.24) is 0 Å². The molecule has 2 aromatic carbocycles. The van der Waals surface area contributed by atoms with E-state index in [9.17, 15) is 4.79 Å². The molecule has 0 aliphatic heterocycles. The predicted molar refractivity (Wildman–Crippen MR) is 70.0 cm³/mol. The molecule has 0 spiro atoms.